The minimum atomic E-state index is -0.312. The highest BCUT2D eigenvalue weighted by molar-refractivity contribution is 7.80. The summed E-state index contributed by atoms with van der Waals surface area (Å²) >= 11 is 4.68. The normalized spacial score (nSPS) is 9.88. The van der Waals surface area contributed by atoms with E-state index in [4.69, 9.17) is 10.6 Å². The van der Waals surface area contributed by atoms with E-state index < -0.39 is 0 Å². The topological polar surface area (TPSA) is 82.2 Å². The highest BCUT2D eigenvalue weighted by Crippen LogP contribution is 1.98. The molecule has 1 heterocycles. The van der Waals surface area contributed by atoms with Crippen molar-refractivity contribution in [1.29, 1.82) is 0 Å². The number of aryl methyl sites for hydroxylation is 1. The second-order valence-corrected chi connectivity index (χ2v) is 3.49. The van der Waals surface area contributed by atoms with Crippen LogP contribution in [0.5, 0.6) is 5.88 Å². The summed E-state index contributed by atoms with van der Waals surface area (Å²) in [5.74, 6) is 4.97. The minimum absolute atomic E-state index is 0.0680. The van der Waals surface area contributed by atoms with Gasteiger partial charge in [0.2, 0.25) is 0 Å². The van der Waals surface area contributed by atoms with E-state index in [0.717, 1.165) is 12.8 Å². The molecule has 0 radical (unpaired) electrons. The Labute approximate surface area is 98.4 Å². The third kappa shape index (κ3) is 3.28. The number of nitrogens with zero attached hydrogens (tertiary/aromatic N) is 2. The van der Waals surface area contributed by atoms with Crippen molar-refractivity contribution in [2.45, 2.75) is 26.3 Å². The molecule has 6 nitrogen and oxygen atoms in total. The quantitative estimate of drug-likeness (QED) is 0.445. The summed E-state index contributed by atoms with van der Waals surface area (Å²) < 4.78 is 6.50. The van der Waals surface area contributed by atoms with Gasteiger partial charge in [0.1, 0.15) is 0 Å². The first-order chi connectivity index (χ1) is 7.69. The smallest absolute Gasteiger partial charge is 0.313 e. The maximum absolute atomic E-state index is 11.8. The average molecular weight is 242 g/mol. The Morgan fingerprint density at radius 2 is 2.50 bits per heavy atom. The molecule has 0 fully saturated rings. The summed E-state index contributed by atoms with van der Waals surface area (Å²) in [6.07, 6.45) is 5.03. The number of rotatable bonds is 4. The fraction of sp³-hybridized carbons (Fsp3) is 0.444. The minimum Gasteiger partial charge on any atom is -0.406 e. The van der Waals surface area contributed by atoms with Gasteiger partial charge >= 0.3 is 5.56 Å². The van der Waals surface area contributed by atoms with Crippen molar-refractivity contribution in [3.05, 3.63) is 22.7 Å². The molecule has 1 aromatic rings. The van der Waals surface area contributed by atoms with E-state index in [1.54, 1.807) is 6.20 Å². The van der Waals surface area contributed by atoms with E-state index in [1.165, 1.54) is 10.8 Å². The molecule has 1 rings (SSSR count). The van der Waals surface area contributed by atoms with Crippen LogP contribution in [0.4, 0.5) is 0 Å². The molecular weight excluding hydrogens is 228 g/mol. The molecule has 0 aliphatic rings. The molecule has 0 bridgehead atoms. The van der Waals surface area contributed by atoms with Gasteiger partial charge in [-0.2, -0.15) is 0 Å². The largest absolute Gasteiger partial charge is 0.406 e. The Morgan fingerprint density at radius 3 is 3.12 bits per heavy atom. The third-order valence-corrected chi connectivity index (χ3v) is 2.14. The predicted molar refractivity (Wildman–Crippen MR) is 64.0 cm³/mol. The zero-order valence-electron chi connectivity index (χ0n) is 8.97. The van der Waals surface area contributed by atoms with Gasteiger partial charge in [0, 0.05) is 18.9 Å². The number of ether oxygens (including phenoxy) is 1. The summed E-state index contributed by atoms with van der Waals surface area (Å²) in [6.45, 7) is 2.69. The second kappa shape index (κ2) is 6.19. The molecule has 0 saturated carbocycles. The van der Waals surface area contributed by atoms with Crippen LogP contribution in [0.1, 0.15) is 19.8 Å². The van der Waals surface area contributed by atoms with Gasteiger partial charge < -0.3 is 9.30 Å². The zero-order valence-corrected chi connectivity index (χ0v) is 9.79. The Morgan fingerprint density at radius 1 is 1.75 bits per heavy atom. The molecule has 7 heteroatoms. The molecule has 0 unspecified atom stereocenters. The van der Waals surface area contributed by atoms with E-state index in [0.29, 0.717) is 6.54 Å². The van der Waals surface area contributed by atoms with Crippen LogP contribution >= 0.6 is 12.2 Å². The standard InChI is InChI=1S/C9H14N4O2S/c1-2-3-5-13-6-4-11-7(8(13)14)15-9(16)12-10/h4,6H,2-3,5,10H2,1H3,(H,12,16). The van der Waals surface area contributed by atoms with Crippen LogP contribution in [-0.2, 0) is 6.54 Å². The molecule has 16 heavy (non-hydrogen) atoms. The first-order valence-electron chi connectivity index (χ1n) is 4.93. The van der Waals surface area contributed by atoms with Crippen molar-refractivity contribution in [2.24, 2.45) is 5.84 Å². The lowest BCUT2D eigenvalue weighted by molar-refractivity contribution is 0.486. The molecule has 0 aliphatic heterocycles. The maximum atomic E-state index is 11.8. The van der Waals surface area contributed by atoms with Gasteiger partial charge in [0.25, 0.3) is 11.1 Å². The van der Waals surface area contributed by atoms with Crippen LogP contribution in [-0.4, -0.2) is 14.7 Å². The van der Waals surface area contributed by atoms with E-state index in [2.05, 4.69) is 29.6 Å². The van der Waals surface area contributed by atoms with Gasteiger partial charge in [-0.1, -0.05) is 13.3 Å². The second-order valence-electron chi connectivity index (χ2n) is 3.12. The lowest BCUT2D eigenvalue weighted by atomic mass is 10.3. The van der Waals surface area contributed by atoms with Gasteiger partial charge in [0.05, 0.1) is 0 Å². The monoisotopic (exact) mass is 242 g/mol. The van der Waals surface area contributed by atoms with Gasteiger partial charge in [-0.3, -0.25) is 10.2 Å². The van der Waals surface area contributed by atoms with Crippen LogP contribution < -0.4 is 21.6 Å². The van der Waals surface area contributed by atoms with Crippen molar-refractivity contribution in [1.82, 2.24) is 15.0 Å². The maximum Gasteiger partial charge on any atom is 0.313 e. The Hall–Kier alpha value is -1.47. The first kappa shape index (κ1) is 12.6. The number of nitrogens with one attached hydrogen (secondary N) is 1. The van der Waals surface area contributed by atoms with Crippen molar-refractivity contribution in [2.75, 3.05) is 0 Å². The predicted octanol–water partition coefficient (Wildman–Crippen LogP) is 0.170. The lowest BCUT2D eigenvalue weighted by Crippen LogP contribution is -2.35. The first-order valence-corrected chi connectivity index (χ1v) is 5.33. The molecule has 0 aliphatic carbocycles. The number of hydrogen-bond acceptors (Lipinski definition) is 5. The zero-order chi connectivity index (χ0) is 12.0. The molecule has 0 amide bonds. The molecule has 88 valence electrons. The summed E-state index contributed by atoms with van der Waals surface area (Å²) in [7, 11) is 0. The Kier molecular flexibility index (Phi) is 4.87. The number of aromatic nitrogens is 2. The van der Waals surface area contributed by atoms with E-state index in [9.17, 15) is 4.79 Å². The van der Waals surface area contributed by atoms with Crippen LogP contribution in [0.15, 0.2) is 17.2 Å². The Balaban J connectivity index is 2.86. The van der Waals surface area contributed by atoms with Crippen LogP contribution in [0.3, 0.4) is 0 Å². The Bertz CT molecular complexity index is 418. The van der Waals surface area contributed by atoms with Crippen molar-refractivity contribution >= 4 is 17.4 Å². The number of thiocarbonyl (C=S) groups is 1. The van der Waals surface area contributed by atoms with Crippen molar-refractivity contribution < 1.29 is 4.74 Å². The van der Waals surface area contributed by atoms with Crippen LogP contribution in [0, 0.1) is 0 Å². The highest BCUT2D eigenvalue weighted by Gasteiger charge is 2.07. The molecular formula is C9H14N4O2S. The average Bonchev–Trinajstić information content (AvgIpc) is 2.30. The molecule has 0 spiro atoms. The summed E-state index contributed by atoms with van der Waals surface area (Å²) in [5, 5.41) is -0.0853. The van der Waals surface area contributed by atoms with Crippen LogP contribution in [0.2, 0.25) is 0 Å². The van der Waals surface area contributed by atoms with Gasteiger partial charge in [0.15, 0.2) is 0 Å². The summed E-state index contributed by atoms with van der Waals surface area (Å²) in [5.41, 5.74) is 1.81. The number of nitrogens with two attached hydrogens (primary N) is 1. The van der Waals surface area contributed by atoms with E-state index in [1.807, 2.05) is 0 Å². The van der Waals surface area contributed by atoms with Gasteiger partial charge in [-0.05, 0) is 18.6 Å². The molecule has 0 aromatic carbocycles. The lowest BCUT2D eigenvalue weighted by Gasteiger charge is -2.07. The van der Waals surface area contributed by atoms with Crippen LogP contribution in [0.25, 0.3) is 0 Å². The third-order valence-electron chi connectivity index (χ3n) is 1.94. The van der Waals surface area contributed by atoms with E-state index in [-0.39, 0.29) is 16.6 Å². The SMILES string of the molecule is CCCCn1ccnc(OC(=S)NN)c1=O. The molecule has 0 saturated heterocycles. The molecule has 3 N–H and O–H groups in total. The van der Waals surface area contributed by atoms with Gasteiger partial charge in [-0.25, -0.2) is 10.8 Å². The summed E-state index contributed by atoms with van der Waals surface area (Å²) in [6, 6.07) is 0. The summed E-state index contributed by atoms with van der Waals surface area (Å²) in [4.78, 5) is 15.6. The number of hydrazine groups is 1. The fourth-order valence-corrected chi connectivity index (χ4v) is 1.20. The van der Waals surface area contributed by atoms with Crippen molar-refractivity contribution in [3.63, 3.8) is 0 Å². The van der Waals surface area contributed by atoms with E-state index >= 15 is 0 Å². The van der Waals surface area contributed by atoms with Crippen molar-refractivity contribution in [3.8, 4) is 5.88 Å². The molecule has 1 aromatic heterocycles. The number of hydrogen-bond donors (Lipinski definition) is 2. The fourth-order valence-electron chi connectivity index (χ4n) is 1.12. The number of unbranched alkanes of at least 4 members (excludes halogenated alkanes) is 1. The molecule has 0 atom stereocenters. The highest BCUT2D eigenvalue weighted by atomic mass is 32.1. The van der Waals surface area contributed by atoms with Gasteiger partial charge in [-0.15, -0.1) is 0 Å².